The van der Waals surface area contributed by atoms with Crippen molar-refractivity contribution in [1.29, 1.82) is 0 Å². The maximum absolute atomic E-state index is 12.1. The fraction of sp³-hybridized carbons (Fsp3) is 0.400. The predicted molar refractivity (Wildman–Crippen MR) is 47.5 cm³/mol. The molecule has 1 rings (SSSR count). The van der Waals surface area contributed by atoms with Crippen molar-refractivity contribution in [1.82, 2.24) is 0 Å². The van der Waals surface area contributed by atoms with Crippen LogP contribution in [0.3, 0.4) is 0 Å². The molecule has 0 saturated carbocycles. The molecule has 78 valence electrons. The second-order valence-electron chi connectivity index (χ2n) is 3.08. The van der Waals surface area contributed by atoms with E-state index in [2.05, 4.69) is 0 Å². The van der Waals surface area contributed by atoms with Crippen molar-refractivity contribution in [3.63, 3.8) is 0 Å². The van der Waals surface area contributed by atoms with Crippen LogP contribution in [0.15, 0.2) is 18.2 Å². The molecule has 0 atom stereocenters. The fourth-order valence-corrected chi connectivity index (χ4v) is 1.21. The molecule has 14 heavy (non-hydrogen) atoms. The van der Waals surface area contributed by atoms with Gasteiger partial charge >= 0.3 is 6.18 Å². The largest absolute Gasteiger partial charge is 0.497 e. The molecular formula is C10H11F3O. The van der Waals surface area contributed by atoms with E-state index in [0.717, 1.165) is 0 Å². The van der Waals surface area contributed by atoms with Crippen molar-refractivity contribution in [2.24, 2.45) is 0 Å². The summed E-state index contributed by atoms with van der Waals surface area (Å²) in [5.74, 6) is 0.577. The summed E-state index contributed by atoms with van der Waals surface area (Å²) < 4.78 is 41.1. The normalized spacial score (nSPS) is 11.5. The smallest absolute Gasteiger partial charge is 0.393 e. The van der Waals surface area contributed by atoms with Gasteiger partial charge in [-0.3, -0.25) is 0 Å². The molecule has 0 bridgehead atoms. The van der Waals surface area contributed by atoms with Gasteiger partial charge in [0.1, 0.15) is 5.75 Å². The van der Waals surface area contributed by atoms with Gasteiger partial charge in [0.05, 0.1) is 13.5 Å². The van der Waals surface area contributed by atoms with Gasteiger partial charge in [-0.05, 0) is 30.2 Å². The monoisotopic (exact) mass is 204 g/mol. The molecule has 0 saturated heterocycles. The molecule has 0 unspecified atom stereocenters. The highest BCUT2D eigenvalue weighted by Crippen LogP contribution is 2.25. The molecule has 0 heterocycles. The first-order valence-electron chi connectivity index (χ1n) is 4.12. The third-order valence-electron chi connectivity index (χ3n) is 1.94. The Hall–Kier alpha value is -1.19. The average Bonchev–Trinajstić information content (AvgIpc) is 2.06. The standard InChI is InChI=1S/C10H11F3O/c1-7-5-9(14-2)4-3-8(7)6-10(11,12)13/h3-5H,6H2,1-2H3. The van der Waals surface area contributed by atoms with Crippen molar-refractivity contribution in [2.45, 2.75) is 19.5 Å². The first kappa shape index (κ1) is 10.9. The summed E-state index contributed by atoms with van der Waals surface area (Å²) in [6, 6.07) is 4.58. The summed E-state index contributed by atoms with van der Waals surface area (Å²) in [6.45, 7) is 1.64. The van der Waals surface area contributed by atoms with Gasteiger partial charge in [0.25, 0.3) is 0 Å². The van der Waals surface area contributed by atoms with Gasteiger partial charge in [-0.2, -0.15) is 13.2 Å². The first-order valence-corrected chi connectivity index (χ1v) is 4.12. The highest BCUT2D eigenvalue weighted by Gasteiger charge is 2.28. The summed E-state index contributed by atoms with van der Waals surface area (Å²) in [5.41, 5.74) is 0.889. The van der Waals surface area contributed by atoms with Crippen LogP contribution in [0.5, 0.6) is 5.75 Å². The quantitative estimate of drug-likeness (QED) is 0.719. The Morgan fingerprint density at radius 2 is 1.93 bits per heavy atom. The van der Waals surface area contributed by atoms with Crippen LogP contribution in [0, 0.1) is 6.92 Å². The molecule has 0 aromatic heterocycles. The Labute approximate surface area is 80.5 Å². The van der Waals surface area contributed by atoms with E-state index in [1.807, 2.05) is 0 Å². The lowest BCUT2D eigenvalue weighted by Gasteiger charge is -2.10. The Kier molecular flexibility index (Phi) is 3.03. The number of alkyl halides is 3. The second-order valence-corrected chi connectivity index (χ2v) is 3.08. The zero-order valence-corrected chi connectivity index (χ0v) is 7.98. The Bertz CT molecular complexity index is 318. The molecule has 0 fully saturated rings. The number of aryl methyl sites for hydroxylation is 1. The summed E-state index contributed by atoms with van der Waals surface area (Å²) >= 11 is 0. The van der Waals surface area contributed by atoms with Crippen molar-refractivity contribution in [2.75, 3.05) is 7.11 Å². The Balaban J connectivity index is 2.89. The molecule has 0 spiro atoms. The van der Waals surface area contributed by atoms with Crippen LogP contribution >= 0.6 is 0 Å². The molecule has 0 N–H and O–H groups in total. The SMILES string of the molecule is COc1ccc(CC(F)(F)F)c(C)c1. The van der Waals surface area contributed by atoms with E-state index in [1.54, 1.807) is 13.0 Å². The van der Waals surface area contributed by atoms with Gasteiger partial charge in [0, 0.05) is 0 Å². The third-order valence-corrected chi connectivity index (χ3v) is 1.94. The number of methoxy groups -OCH3 is 1. The highest BCUT2D eigenvalue weighted by atomic mass is 19.4. The first-order chi connectivity index (χ1) is 6.42. The minimum atomic E-state index is -4.15. The number of ether oxygens (including phenoxy) is 1. The van der Waals surface area contributed by atoms with Crippen molar-refractivity contribution >= 4 is 0 Å². The number of halogens is 3. The molecule has 1 aromatic rings. The summed E-state index contributed by atoms with van der Waals surface area (Å²) in [7, 11) is 1.48. The Morgan fingerprint density at radius 1 is 1.29 bits per heavy atom. The van der Waals surface area contributed by atoms with E-state index < -0.39 is 12.6 Å². The molecule has 0 aliphatic carbocycles. The van der Waals surface area contributed by atoms with Crippen LogP contribution in [0.25, 0.3) is 0 Å². The highest BCUT2D eigenvalue weighted by molar-refractivity contribution is 5.35. The van der Waals surface area contributed by atoms with Gasteiger partial charge in [0.15, 0.2) is 0 Å². The van der Waals surface area contributed by atoms with Gasteiger partial charge in [-0.1, -0.05) is 6.07 Å². The number of benzene rings is 1. The zero-order valence-electron chi connectivity index (χ0n) is 7.98. The van der Waals surface area contributed by atoms with E-state index in [0.29, 0.717) is 16.9 Å². The van der Waals surface area contributed by atoms with Crippen LogP contribution in [0.1, 0.15) is 11.1 Å². The van der Waals surface area contributed by atoms with E-state index in [-0.39, 0.29) is 0 Å². The molecular weight excluding hydrogens is 193 g/mol. The van der Waals surface area contributed by atoms with E-state index >= 15 is 0 Å². The van der Waals surface area contributed by atoms with Crippen molar-refractivity contribution < 1.29 is 17.9 Å². The lowest BCUT2D eigenvalue weighted by molar-refractivity contribution is -0.127. The number of hydrogen-bond donors (Lipinski definition) is 0. The topological polar surface area (TPSA) is 9.23 Å². The maximum Gasteiger partial charge on any atom is 0.393 e. The second kappa shape index (κ2) is 3.90. The van der Waals surface area contributed by atoms with Crippen molar-refractivity contribution in [3.8, 4) is 5.75 Å². The minimum absolute atomic E-state index is 0.290. The van der Waals surface area contributed by atoms with Crippen molar-refractivity contribution in [3.05, 3.63) is 29.3 Å². The van der Waals surface area contributed by atoms with E-state index in [9.17, 15) is 13.2 Å². The van der Waals surface area contributed by atoms with Crippen LogP contribution in [0.2, 0.25) is 0 Å². The van der Waals surface area contributed by atoms with Crippen LogP contribution in [0.4, 0.5) is 13.2 Å². The van der Waals surface area contributed by atoms with Gasteiger partial charge in [-0.15, -0.1) is 0 Å². The average molecular weight is 204 g/mol. The van der Waals surface area contributed by atoms with Crippen LogP contribution in [-0.2, 0) is 6.42 Å². The van der Waals surface area contributed by atoms with Crippen LogP contribution < -0.4 is 4.74 Å². The molecule has 0 aliphatic heterocycles. The maximum atomic E-state index is 12.1. The molecule has 0 radical (unpaired) electrons. The molecule has 0 aliphatic rings. The zero-order chi connectivity index (χ0) is 10.8. The molecule has 1 nitrogen and oxygen atoms in total. The van der Waals surface area contributed by atoms with Gasteiger partial charge in [0.2, 0.25) is 0 Å². The Morgan fingerprint density at radius 3 is 2.36 bits per heavy atom. The summed E-state index contributed by atoms with van der Waals surface area (Å²) in [4.78, 5) is 0. The summed E-state index contributed by atoms with van der Waals surface area (Å²) in [6.07, 6.45) is -5.04. The number of hydrogen-bond acceptors (Lipinski definition) is 1. The predicted octanol–water partition coefficient (Wildman–Crippen LogP) is 3.11. The lowest BCUT2D eigenvalue weighted by atomic mass is 10.1. The van der Waals surface area contributed by atoms with E-state index in [1.165, 1.54) is 19.2 Å². The lowest BCUT2D eigenvalue weighted by Crippen LogP contribution is -2.12. The van der Waals surface area contributed by atoms with Gasteiger partial charge in [-0.25, -0.2) is 0 Å². The third kappa shape index (κ3) is 2.94. The fourth-order valence-electron chi connectivity index (χ4n) is 1.21. The molecule has 4 heteroatoms. The van der Waals surface area contributed by atoms with E-state index in [4.69, 9.17) is 4.74 Å². The number of rotatable bonds is 2. The summed E-state index contributed by atoms with van der Waals surface area (Å²) in [5, 5.41) is 0. The molecule has 1 aromatic carbocycles. The molecule has 0 amide bonds. The van der Waals surface area contributed by atoms with Crippen LogP contribution in [-0.4, -0.2) is 13.3 Å². The minimum Gasteiger partial charge on any atom is -0.497 e. The van der Waals surface area contributed by atoms with Gasteiger partial charge < -0.3 is 4.74 Å².